The number of carbonyl (C=O) groups excluding carboxylic acids is 1. The zero-order valence-corrected chi connectivity index (χ0v) is 19.5. The normalized spacial score (nSPS) is 10.4. The first-order valence-corrected chi connectivity index (χ1v) is 11.2. The standard InChI is InChI=1S/C21H18BrClN2O2S2/c1-2-27-20(26)16-12-15(10-13-6-4-3-5-7-13)29-19(16)25-21(28)24-14-8-9-17(22)18(23)11-14/h3-9,11-12H,2,10H2,1H3,(H2,24,25,28). The maximum atomic E-state index is 12.4. The highest BCUT2D eigenvalue weighted by molar-refractivity contribution is 9.10. The lowest BCUT2D eigenvalue weighted by Crippen LogP contribution is -2.20. The molecule has 0 spiro atoms. The molecule has 0 atom stereocenters. The van der Waals surface area contributed by atoms with Crippen LogP contribution in [0.4, 0.5) is 10.7 Å². The molecule has 0 fully saturated rings. The monoisotopic (exact) mass is 508 g/mol. The average Bonchev–Trinajstić information content (AvgIpc) is 3.08. The van der Waals surface area contributed by atoms with Crippen LogP contribution in [-0.2, 0) is 11.2 Å². The number of esters is 1. The van der Waals surface area contributed by atoms with Crippen LogP contribution in [0.3, 0.4) is 0 Å². The van der Waals surface area contributed by atoms with E-state index in [1.54, 1.807) is 13.0 Å². The molecular weight excluding hydrogens is 492 g/mol. The summed E-state index contributed by atoms with van der Waals surface area (Å²) >= 11 is 16.4. The van der Waals surface area contributed by atoms with Crippen molar-refractivity contribution in [3.05, 3.63) is 80.1 Å². The Morgan fingerprint density at radius 1 is 1.17 bits per heavy atom. The fraction of sp³-hybridized carbons (Fsp3) is 0.143. The molecule has 0 unspecified atom stereocenters. The number of hydrogen-bond donors (Lipinski definition) is 2. The molecule has 1 heterocycles. The van der Waals surface area contributed by atoms with E-state index < -0.39 is 0 Å². The predicted octanol–water partition coefficient (Wildman–Crippen LogP) is 6.74. The lowest BCUT2D eigenvalue weighted by Gasteiger charge is -2.11. The number of hydrogen-bond acceptors (Lipinski definition) is 4. The number of halogens is 2. The first-order chi connectivity index (χ1) is 14.0. The topological polar surface area (TPSA) is 50.4 Å². The maximum Gasteiger partial charge on any atom is 0.341 e. The van der Waals surface area contributed by atoms with Crippen molar-refractivity contribution in [2.45, 2.75) is 13.3 Å². The summed E-state index contributed by atoms with van der Waals surface area (Å²) in [5, 5.41) is 7.79. The van der Waals surface area contributed by atoms with E-state index in [4.69, 9.17) is 28.6 Å². The fourth-order valence-corrected chi connectivity index (χ4v) is 4.41. The molecule has 0 radical (unpaired) electrons. The Morgan fingerprint density at radius 3 is 2.62 bits per heavy atom. The highest BCUT2D eigenvalue weighted by atomic mass is 79.9. The molecule has 29 heavy (non-hydrogen) atoms. The van der Waals surface area contributed by atoms with Crippen LogP contribution in [0.1, 0.15) is 27.7 Å². The first kappa shape index (κ1) is 21.8. The molecule has 0 saturated carbocycles. The van der Waals surface area contributed by atoms with E-state index in [-0.39, 0.29) is 5.97 Å². The third-order valence-corrected chi connectivity index (χ3v) is 6.39. The molecule has 0 amide bonds. The average molecular weight is 510 g/mol. The number of ether oxygens (including phenoxy) is 1. The van der Waals surface area contributed by atoms with E-state index in [1.165, 1.54) is 16.9 Å². The predicted molar refractivity (Wildman–Crippen MR) is 129 cm³/mol. The number of carbonyl (C=O) groups is 1. The number of rotatable bonds is 6. The van der Waals surface area contributed by atoms with E-state index in [9.17, 15) is 4.79 Å². The Kier molecular flexibility index (Phi) is 7.66. The second-order valence-corrected chi connectivity index (χ2v) is 8.85. The third kappa shape index (κ3) is 6.02. The molecule has 0 saturated heterocycles. The van der Waals surface area contributed by atoms with Gasteiger partial charge >= 0.3 is 5.97 Å². The van der Waals surface area contributed by atoms with Crippen molar-refractivity contribution in [2.24, 2.45) is 0 Å². The Hall–Kier alpha value is -1.93. The van der Waals surface area contributed by atoms with Crippen LogP contribution in [0.5, 0.6) is 0 Å². The van der Waals surface area contributed by atoms with Crippen molar-refractivity contribution in [1.82, 2.24) is 0 Å². The highest BCUT2D eigenvalue weighted by Crippen LogP contribution is 2.31. The quantitative estimate of drug-likeness (QED) is 0.285. The lowest BCUT2D eigenvalue weighted by atomic mass is 10.1. The molecule has 4 nitrogen and oxygen atoms in total. The molecule has 3 rings (SSSR count). The van der Waals surface area contributed by atoms with Gasteiger partial charge in [0, 0.05) is 21.5 Å². The summed E-state index contributed by atoms with van der Waals surface area (Å²) in [6, 6.07) is 17.4. The van der Waals surface area contributed by atoms with Crippen molar-refractivity contribution in [3.63, 3.8) is 0 Å². The van der Waals surface area contributed by atoms with Gasteiger partial charge in [0.2, 0.25) is 0 Å². The van der Waals surface area contributed by atoms with Crippen LogP contribution in [0.2, 0.25) is 5.02 Å². The molecule has 3 aromatic rings. The van der Waals surface area contributed by atoms with Crippen LogP contribution in [-0.4, -0.2) is 17.7 Å². The summed E-state index contributed by atoms with van der Waals surface area (Å²) in [6.45, 7) is 2.09. The smallest absolute Gasteiger partial charge is 0.341 e. The van der Waals surface area contributed by atoms with Crippen molar-refractivity contribution >= 4 is 72.9 Å². The van der Waals surface area contributed by atoms with Crippen LogP contribution in [0.25, 0.3) is 0 Å². The minimum atomic E-state index is -0.375. The Labute approximate surface area is 192 Å². The van der Waals surface area contributed by atoms with Gasteiger partial charge in [-0.15, -0.1) is 11.3 Å². The highest BCUT2D eigenvalue weighted by Gasteiger charge is 2.18. The zero-order valence-electron chi connectivity index (χ0n) is 15.5. The van der Waals surface area contributed by atoms with E-state index in [0.717, 1.165) is 21.5 Å². The van der Waals surface area contributed by atoms with Gasteiger partial charge in [0.15, 0.2) is 5.11 Å². The number of nitrogens with one attached hydrogen (secondary N) is 2. The summed E-state index contributed by atoms with van der Waals surface area (Å²) in [5.74, 6) is -0.375. The maximum absolute atomic E-state index is 12.4. The van der Waals surface area contributed by atoms with E-state index in [2.05, 4.69) is 38.7 Å². The van der Waals surface area contributed by atoms with Gasteiger partial charge in [-0.1, -0.05) is 41.9 Å². The van der Waals surface area contributed by atoms with Gasteiger partial charge in [-0.3, -0.25) is 0 Å². The van der Waals surface area contributed by atoms with Crippen molar-refractivity contribution in [2.75, 3.05) is 17.2 Å². The molecule has 0 aliphatic carbocycles. The van der Waals surface area contributed by atoms with Crippen molar-refractivity contribution in [1.29, 1.82) is 0 Å². The second kappa shape index (κ2) is 10.2. The third-order valence-electron chi connectivity index (χ3n) is 3.90. The summed E-state index contributed by atoms with van der Waals surface area (Å²) in [4.78, 5) is 13.4. The van der Waals surface area contributed by atoms with Gasteiger partial charge in [-0.25, -0.2) is 4.79 Å². The minimum absolute atomic E-state index is 0.308. The van der Waals surface area contributed by atoms with Gasteiger partial charge < -0.3 is 15.4 Å². The van der Waals surface area contributed by atoms with Gasteiger partial charge in [-0.05, 0) is 64.9 Å². The van der Waals surface area contributed by atoms with Crippen LogP contribution in [0, 0.1) is 0 Å². The van der Waals surface area contributed by atoms with Crippen LogP contribution >= 0.6 is 51.1 Å². The molecule has 2 aromatic carbocycles. The summed E-state index contributed by atoms with van der Waals surface area (Å²) in [5.41, 5.74) is 2.39. The second-order valence-electron chi connectivity index (χ2n) is 6.05. The van der Waals surface area contributed by atoms with Gasteiger partial charge in [0.1, 0.15) is 5.00 Å². The summed E-state index contributed by atoms with van der Waals surface area (Å²) in [7, 11) is 0. The Bertz CT molecular complexity index is 1020. The fourth-order valence-electron chi connectivity index (χ4n) is 2.62. The van der Waals surface area contributed by atoms with Crippen molar-refractivity contribution < 1.29 is 9.53 Å². The number of thiocarbonyl (C=S) groups is 1. The number of benzene rings is 2. The Balaban J connectivity index is 1.79. The first-order valence-electron chi connectivity index (χ1n) is 8.83. The lowest BCUT2D eigenvalue weighted by molar-refractivity contribution is 0.0528. The molecule has 1 aromatic heterocycles. The molecule has 0 bridgehead atoms. The van der Waals surface area contributed by atoms with E-state index in [0.29, 0.717) is 27.3 Å². The minimum Gasteiger partial charge on any atom is -0.462 e. The Morgan fingerprint density at radius 2 is 1.93 bits per heavy atom. The largest absolute Gasteiger partial charge is 0.462 e. The molecule has 0 aliphatic heterocycles. The molecule has 8 heteroatoms. The van der Waals surface area contributed by atoms with Crippen LogP contribution < -0.4 is 10.6 Å². The van der Waals surface area contributed by atoms with E-state index >= 15 is 0 Å². The summed E-state index contributed by atoms with van der Waals surface area (Å²) in [6.07, 6.45) is 0.724. The van der Waals surface area contributed by atoms with Gasteiger partial charge in [0.05, 0.1) is 17.2 Å². The zero-order chi connectivity index (χ0) is 20.8. The molecule has 150 valence electrons. The molecule has 0 aliphatic rings. The van der Waals surface area contributed by atoms with E-state index in [1.807, 2.05) is 36.4 Å². The SMILES string of the molecule is CCOC(=O)c1cc(Cc2ccccc2)sc1NC(=S)Nc1ccc(Br)c(Cl)c1. The van der Waals surface area contributed by atoms with Crippen LogP contribution in [0.15, 0.2) is 59.1 Å². The molecule has 2 N–H and O–H groups in total. The van der Waals surface area contributed by atoms with Crippen molar-refractivity contribution in [3.8, 4) is 0 Å². The number of anilines is 2. The molecular formula is C21H18BrClN2O2S2. The van der Waals surface area contributed by atoms with Gasteiger partial charge in [0.25, 0.3) is 0 Å². The summed E-state index contributed by atoms with van der Waals surface area (Å²) < 4.78 is 6.01. The number of thiophene rings is 1. The van der Waals surface area contributed by atoms with Gasteiger partial charge in [-0.2, -0.15) is 0 Å².